The van der Waals surface area contributed by atoms with Crippen LogP contribution in [0.4, 0.5) is 0 Å². The van der Waals surface area contributed by atoms with Crippen LogP contribution >= 0.6 is 0 Å². The number of hydrogen-bond acceptors (Lipinski definition) is 4. The van der Waals surface area contributed by atoms with Gasteiger partial charge in [0.25, 0.3) is 0 Å². The molecule has 0 amide bonds. The van der Waals surface area contributed by atoms with Gasteiger partial charge in [0.2, 0.25) is 0 Å². The largest absolute Gasteiger partial charge is 0.379 e. The molecule has 0 radical (unpaired) electrons. The maximum Gasteiger partial charge on any atom is 0.355 e. The molecule has 0 saturated carbocycles. The van der Waals surface area contributed by atoms with Crippen molar-refractivity contribution in [2.24, 2.45) is 5.90 Å². The van der Waals surface area contributed by atoms with Crippen molar-refractivity contribution >= 4 is 5.97 Å². The van der Waals surface area contributed by atoms with Gasteiger partial charge in [-0.3, -0.25) is 0 Å². The van der Waals surface area contributed by atoms with Crippen LogP contribution in [0.2, 0.25) is 0 Å². The van der Waals surface area contributed by atoms with E-state index >= 15 is 0 Å². The minimum Gasteiger partial charge on any atom is -0.379 e. The summed E-state index contributed by atoms with van der Waals surface area (Å²) in [5, 5.41) is 8.73. The summed E-state index contributed by atoms with van der Waals surface area (Å²) in [5.41, 5.74) is -1.48. The van der Waals surface area contributed by atoms with Crippen LogP contribution in [0.25, 0.3) is 0 Å². The fourth-order valence-corrected chi connectivity index (χ4v) is 0.144. The lowest BCUT2D eigenvalue weighted by atomic mass is 10.1. The highest BCUT2D eigenvalue weighted by Crippen LogP contribution is 2.00. The van der Waals surface area contributed by atoms with E-state index in [9.17, 15) is 4.79 Å². The smallest absolute Gasteiger partial charge is 0.355 e. The van der Waals surface area contributed by atoms with Gasteiger partial charge in [-0.05, 0) is 13.8 Å². The Bertz CT molecular complexity index is 93.9. The van der Waals surface area contributed by atoms with E-state index in [0.29, 0.717) is 0 Å². The molecule has 3 N–H and O–H groups in total. The Kier molecular flexibility index (Phi) is 1.94. The molecule has 0 aromatic rings. The average molecular weight is 119 g/mol. The van der Waals surface area contributed by atoms with E-state index < -0.39 is 11.6 Å². The second kappa shape index (κ2) is 2.11. The number of hydrogen-bond donors (Lipinski definition) is 2. The van der Waals surface area contributed by atoms with Crippen molar-refractivity contribution in [3.63, 3.8) is 0 Å². The van der Waals surface area contributed by atoms with Crippen LogP contribution in [0.3, 0.4) is 0 Å². The highest BCUT2D eigenvalue weighted by molar-refractivity contribution is 5.77. The predicted octanol–water partition coefficient (Wildman–Crippen LogP) is -0.826. The van der Waals surface area contributed by atoms with Crippen molar-refractivity contribution in [1.82, 2.24) is 0 Å². The molecule has 0 rings (SSSR count). The molecule has 0 fully saturated rings. The van der Waals surface area contributed by atoms with Crippen molar-refractivity contribution in [2.75, 3.05) is 0 Å². The fourth-order valence-electron chi connectivity index (χ4n) is 0.144. The van der Waals surface area contributed by atoms with Gasteiger partial charge in [-0.1, -0.05) is 0 Å². The minimum absolute atomic E-state index is 0.836. The zero-order valence-electron chi connectivity index (χ0n) is 4.84. The Morgan fingerprint density at radius 1 is 1.75 bits per heavy atom. The van der Waals surface area contributed by atoms with Crippen LogP contribution in [-0.4, -0.2) is 16.7 Å². The predicted molar refractivity (Wildman–Crippen MR) is 26.6 cm³/mol. The third-order valence-corrected chi connectivity index (χ3v) is 0.607. The van der Waals surface area contributed by atoms with Crippen molar-refractivity contribution in [3.05, 3.63) is 0 Å². The number of carbonyl (C=O) groups is 1. The molecule has 0 unspecified atom stereocenters. The third kappa shape index (κ3) is 1.90. The highest BCUT2D eigenvalue weighted by atomic mass is 16.7. The molecular formula is C4H9NO3. The molecule has 0 atom stereocenters. The molecule has 0 spiro atoms. The Morgan fingerprint density at radius 3 is 2.12 bits per heavy atom. The first kappa shape index (κ1) is 7.39. The zero-order valence-corrected chi connectivity index (χ0v) is 4.84. The first-order chi connectivity index (χ1) is 3.48. The van der Waals surface area contributed by atoms with Crippen LogP contribution in [0.5, 0.6) is 0 Å². The van der Waals surface area contributed by atoms with Gasteiger partial charge in [0, 0.05) is 0 Å². The topological polar surface area (TPSA) is 72.5 Å². The van der Waals surface area contributed by atoms with E-state index in [1.807, 2.05) is 0 Å². The first-order valence-electron chi connectivity index (χ1n) is 2.12. The molecule has 48 valence electrons. The van der Waals surface area contributed by atoms with Crippen LogP contribution in [0, 0.1) is 0 Å². The first-order valence-corrected chi connectivity index (χ1v) is 2.12. The van der Waals surface area contributed by atoms with Crippen LogP contribution in [0.15, 0.2) is 0 Å². The average Bonchev–Trinajstić information content (AvgIpc) is 1.62. The maximum atomic E-state index is 10.2. The van der Waals surface area contributed by atoms with E-state index in [0.717, 1.165) is 0 Å². The summed E-state index contributed by atoms with van der Waals surface area (Å²) in [4.78, 5) is 14.0. The van der Waals surface area contributed by atoms with Crippen LogP contribution < -0.4 is 5.90 Å². The van der Waals surface area contributed by atoms with Crippen LogP contribution in [0.1, 0.15) is 13.8 Å². The number of rotatable bonds is 1. The maximum absolute atomic E-state index is 10.2. The molecule has 0 aliphatic heterocycles. The standard InChI is InChI=1S/C4H9NO3/c1-4(2,7)3(6)8-5/h7H,5H2,1-2H3. The van der Waals surface area contributed by atoms with Gasteiger partial charge in [-0.2, -0.15) is 5.90 Å². The van der Waals surface area contributed by atoms with E-state index in [1.54, 1.807) is 0 Å². The second-order valence-electron chi connectivity index (χ2n) is 1.96. The summed E-state index contributed by atoms with van der Waals surface area (Å²) < 4.78 is 0. The van der Waals surface area contributed by atoms with Crippen LogP contribution in [-0.2, 0) is 9.63 Å². The summed E-state index contributed by atoms with van der Waals surface area (Å²) in [7, 11) is 0. The molecule has 0 aromatic heterocycles. The lowest BCUT2D eigenvalue weighted by molar-refractivity contribution is -0.162. The van der Waals surface area contributed by atoms with Gasteiger partial charge >= 0.3 is 5.97 Å². The molecule has 4 nitrogen and oxygen atoms in total. The molecule has 0 bridgehead atoms. The molecular weight excluding hydrogens is 110 g/mol. The van der Waals surface area contributed by atoms with Crippen molar-refractivity contribution in [2.45, 2.75) is 19.4 Å². The molecule has 0 saturated heterocycles. The van der Waals surface area contributed by atoms with E-state index in [2.05, 4.69) is 10.7 Å². The molecule has 0 aliphatic carbocycles. The summed E-state index contributed by atoms with van der Waals surface area (Å²) in [6.07, 6.45) is 0. The Hall–Kier alpha value is -0.610. The van der Waals surface area contributed by atoms with Gasteiger partial charge in [-0.25, -0.2) is 4.79 Å². The third-order valence-electron chi connectivity index (χ3n) is 0.607. The van der Waals surface area contributed by atoms with Gasteiger partial charge < -0.3 is 9.94 Å². The van der Waals surface area contributed by atoms with Crippen molar-refractivity contribution < 1.29 is 14.7 Å². The molecule has 0 aromatic carbocycles. The lowest BCUT2D eigenvalue weighted by Gasteiger charge is -2.11. The minimum atomic E-state index is -1.48. The normalized spacial score (nSPS) is 11.0. The van der Waals surface area contributed by atoms with Crippen molar-refractivity contribution in [3.8, 4) is 0 Å². The highest BCUT2D eigenvalue weighted by Gasteiger charge is 2.24. The number of aliphatic hydroxyl groups is 1. The summed E-state index contributed by atoms with van der Waals surface area (Å²) in [6, 6.07) is 0. The molecule has 0 aliphatic rings. The quantitative estimate of drug-likeness (QED) is 0.442. The fraction of sp³-hybridized carbons (Fsp3) is 0.750. The number of nitrogens with two attached hydrogens (primary N) is 1. The Labute approximate surface area is 47.2 Å². The van der Waals surface area contributed by atoms with E-state index in [4.69, 9.17) is 5.11 Å². The van der Waals surface area contributed by atoms with Gasteiger partial charge in [0.1, 0.15) is 0 Å². The van der Waals surface area contributed by atoms with Gasteiger partial charge in [0.15, 0.2) is 5.60 Å². The van der Waals surface area contributed by atoms with E-state index in [-0.39, 0.29) is 0 Å². The van der Waals surface area contributed by atoms with Crippen molar-refractivity contribution in [1.29, 1.82) is 0 Å². The molecule has 8 heavy (non-hydrogen) atoms. The van der Waals surface area contributed by atoms with E-state index in [1.165, 1.54) is 13.8 Å². The Balaban J connectivity index is 3.82. The number of carbonyl (C=O) groups excluding carboxylic acids is 1. The monoisotopic (exact) mass is 119 g/mol. The Morgan fingerprint density at radius 2 is 2.12 bits per heavy atom. The zero-order chi connectivity index (χ0) is 6.78. The SMILES string of the molecule is CC(C)(O)C(=O)ON. The summed E-state index contributed by atoms with van der Waals surface area (Å²) in [6.45, 7) is 2.59. The van der Waals surface area contributed by atoms with Gasteiger partial charge in [-0.15, -0.1) is 0 Å². The van der Waals surface area contributed by atoms with Gasteiger partial charge in [0.05, 0.1) is 0 Å². The lowest BCUT2D eigenvalue weighted by Crippen LogP contribution is -2.34. The molecule has 4 heteroatoms. The molecule has 0 heterocycles. The second-order valence-corrected chi connectivity index (χ2v) is 1.96. The summed E-state index contributed by atoms with van der Waals surface area (Å²) in [5.74, 6) is 3.61. The summed E-state index contributed by atoms with van der Waals surface area (Å²) >= 11 is 0.